The lowest BCUT2D eigenvalue weighted by molar-refractivity contribution is 0.276. The van der Waals surface area contributed by atoms with Crippen LogP contribution < -0.4 is 5.32 Å². The van der Waals surface area contributed by atoms with Crippen LogP contribution in [-0.2, 0) is 13.2 Å². The summed E-state index contributed by atoms with van der Waals surface area (Å²) in [7, 11) is 0. The molecule has 3 aromatic heterocycles. The summed E-state index contributed by atoms with van der Waals surface area (Å²) in [5.41, 5.74) is 2.14. The zero-order valence-electron chi connectivity index (χ0n) is 11.0. The molecule has 0 amide bonds. The normalized spacial score (nSPS) is 10.9. The molecule has 7 heteroatoms. The predicted octanol–water partition coefficient (Wildman–Crippen LogP) is 1.16. The van der Waals surface area contributed by atoms with Gasteiger partial charge < -0.3 is 15.4 Å². The number of fused-ring (bicyclic) bond motifs is 1. The minimum absolute atomic E-state index is 0.101. The van der Waals surface area contributed by atoms with Gasteiger partial charge in [0.05, 0.1) is 42.3 Å². The number of anilines is 1. The first kappa shape index (κ1) is 12.5. The van der Waals surface area contributed by atoms with E-state index in [0.717, 1.165) is 22.5 Å². The highest BCUT2D eigenvalue weighted by molar-refractivity contribution is 5.86. The second kappa shape index (κ2) is 5.22. The average molecular weight is 270 g/mol. The van der Waals surface area contributed by atoms with Gasteiger partial charge in [-0.15, -0.1) is 0 Å². The quantitative estimate of drug-likeness (QED) is 0.658. The highest BCUT2D eigenvalue weighted by Gasteiger charge is 2.06. The Kier molecular flexibility index (Phi) is 3.26. The maximum absolute atomic E-state index is 8.92. The molecule has 0 aliphatic rings. The zero-order valence-corrected chi connectivity index (χ0v) is 11.0. The number of H-pyrrole nitrogens is 1. The van der Waals surface area contributed by atoms with Gasteiger partial charge in [-0.2, -0.15) is 0 Å². The van der Waals surface area contributed by atoms with E-state index in [-0.39, 0.29) is 6.61 Å². The average Bonchev–Trinajstić information content (AvgIpc) is 2.93. The lowest BCUT2D eigenvalue weighted by atomic mass is 10.3. The second-order valence-corrected chi connectivity index (χ2v) is 4.37. The van der Waals surface area contributed by atoms with Crippen molar-refractivity contribution >= 4 is 16.9 Å². The molecule has 3 rings (SSSR count). The van der Waals surface area contributed by atoms with Crippen LogP contribution in [0.1, 0.15) is 17.2 Å². The lowest BCUT2D eigenvalue weighted by Crippen LogP contribution is -2.06. The van der Waals surface area contributed by atoms with E-state index in [1.54, 1.807) is 12.4 Å². The Morgan fingerprint density at radius 1 is 1.20 bits per heavy atom. The summed E-state index contributed by atoms with van der Waals surface area (Å²) >= 11 is 0. The highest BCUT2D eigenvalue weighted by atomic mass is 16.3. The van der Waals surface area contributed by atoms with Crippen LogP contribution in [0.4, 0.5) is 5.82 Å². The number of aliphatic hydroxyl groups is 1. The largest absolute Gasteiger partial charge is 0.390 e. The number of hydrogen-bond acceptors (Lipinski definition) is 6. The summed E-state index contributed by atoms with van der Waals surface area (Å²) < 4.78 is 0. The van der Waals surface area contributed by atoms with Crippen molar-refractivity contribution in [2.75, 3.05) is 5.32 Å². The Bertz CT molecular complexity index is 721. The fourth-order valence-electron chi connectivity index (χ4n) is 1.92. The van der Waals surface area contributed by atoms with E-state index in [4.69, 9.17) is 5.11 Å². The second-order valence-electron chi connectivity index (χ2n) is 4.37. The summed E-state index contributed by atoms with van der Waals surface area (Å²) in [6.45, 7) is 2.26. The Balaban J connectivity index is 1.80. The van der Waals surface area contributed by atoms with Gasteiger partial charge in [0.15, 0.2) is 0 Å². The molecule has 0 saturated carbocycles. The Morgan fingerprint density at radius 2 is 2.00 bits per heavy atom. The first-order chi connectivity index (χ1) is 9.76. The van der Waals surface area contributed by atoms with Crippen LogP contribution in [0.25, 0.3) is 11.0 Å². The number of aromatic amines is 1. The third-order valence-corrected chi connectivity index (χ3v) is 2.89. The monoisotopic (exact) mass is 270 g/mol. The number of rotatable bonds is 4. The van der Waals surface area contributed by atoms with Crippen LogP contribution in [-0.4, -0.2) is 30.0 Å². The van der Waals surface area contributed by atoms with Crippen molar-refractivity contribution < 1.29 is 5.11 Å². The molecule has 0 saturated heterocycles. The zero-order chi connectivity index (χ0) is 13.9. The van der Waals surface area contributed by atoms with Crippen LogP contribution in [0, 0.1) is 6.92 Å². The van der Waals surface area contributed by atoms with Crippen molar-refractivity contribution in [1.29, 1.82) is 0 Å². The van der Waals surface area contributed by atoms with E-state index >= 15 is 0 Å². The van der Waals surface area contributed by atoms with Crippen molar-refractivity contribution in [3.8, 4) is 0 Å². The standard InChI is InChI=1S/C13H14N6O/c1-8-18-12-11(2-3-14-12)13(19-8)17-5-9-4-16-10(7-20)6-15-9/h2-4,6,20H,5,7H2,1H3,(H2,14,17,18,19). The van der Waals surface area contributed by atoms with Crippen LogP contribution in [0.3, 0.4) is 0 Å². The molecule has 3 heterocycles. The van der Waals surface area contributed by atoms with E-state index in [9.17, 15) is 0 Å². The molecule has 0 aliphatic heterocycles. The maximum atomic E-state index is 8.92. The van der Waals surface area contributed by atoms with Gasteiger partial charge in [0.25, 0.3) is 0 Å². The van der Waals surface area contributed by atoms with Crippen LogP contribution in [0.5, 0.6) is 0 Å². The molecule has 0 spiro atoms. The third kappa shape index (κ3) is 2.43. The molecule has 0 fully saturated rings. The molecule has 0 unspecified atom stereocenters. The van der Waals surface area contributed by atoms with Crippen LogP contribution in [0.15, 0.2) is 24.7 Å². The molecule has 0 bridgehead atoms. The molecule has 102 valence electrons. The Morgan fingerprint density at radius 3 is 2.75 bits per heavy atom. The molecule has 0 atom stereocenters. The van der Waals surface area contributed by atoms with E-state index in [1.165, 1.54) is 0 Å². The third-order valence-electron chi connectivity index (χ3n) is 2.89. The number of hydrogen-bond donors (Lipinski definition) is 3. The molecular formula is C13H14N6O. The van der Waals surface area contributed by atoms with E-state index in [1.807, 2.05) is 19.2 Å². The maximum Gasteiger partial charge on any atom is 0.143 e. The number of aryl methyl sites for hydroxylation is 1. The SMILES string of the molecule is Cc1nc(NCc2cnc(CO)cn2)c2cc[nH]c2n1. The van der Waals surface area contributed by atoms with Gasteiger partial charge in [-0.05, 0) is 13.0 Å². The molecular weight excluding hydrogens is 256 g/mol. The summed E-state index contributed by atoms with van der Waals surface area (Å²) in [5.74, 6) is 1.46. The van der Waals surface area contributed by atoms with Crippen molar-refractivity contribution in [2.45, 2.75) is 20.1 Å². The molecule has 3 aromatic rings. The highest BCUT2D eigenvalue weighted by Crippen LogP contribution is 2.19. The summed E-state index contributed by atoms with van der Waals surface area (Å²) in [6.07, 6.45) is 5.04. The smallest absolute Gasteiger partial charge is 0.143 e. The summed E-state index contributed by atoms with van der Waals surface area (Å²) in [6, 6.07) is 1.93. The first-order valence-electron chi connectivity index (χ1n) is 6.22. The molecule has 0 aromatic carbocycles. The summed E-state index contributed by atoms with van der Waals surface area (Å²) in [4.78, 5) is 20.1. The molecule has 0 aliphatic carbocycles. The number of nitrogens with zero attached hydrogens (tertiary/aromatic N) is 4. The van der Waals surface area contributed by atoms with Crippen molar-refractivity contribution in [3.05, 3.63) is 41.9 Å². The predicted molar refractivity (Wildman–Crippen MR) is 73.9 cm³/mol. The van der Waals surface area contributed by atoms with Gasteiger partial charge >= 0.3 is 0 Å². The van der Waals surface area contributed by atoms with E-state index in [2.05, 4.69) is 30.2 Å². The molecule has 3 N–H and O–H groups in total. The van der Waals surface area contributed by atoms with E-state index < -0.39 is 0 Å². The molecule has 0 radical (unpaired) electrons. The van der Waals surface area contributed by atoms with Crippen LogP contribution in [0.2, 0.25) is 0 Å². The topological polar surface area (TPSA) is 99.6 Å². The number of aromatic nitrogens is 5. The molecule has 7 nitrogen and oxygen atoms in total. The minimum atomic E-state index is -0.101. The van der Waals surface area contributed by atoms with Crippen molar-refractivity contribution in [2.24, 2.45) is 0 Å². The summed E-state index contributed by atoms with van der Waals surface area (Å²) in [5, 5.41) is 13.1. The minimum Gasteiger partial charge on any atom is -0.390 e. The lowest BCUT2D eigenvalue weighted by Gasteiger charge is -2.07. The fraction of sp³-hybridized carbons (Fsp3) is 0.231. The number of aliphatic hydroxyl groups excluding tert-OH is 1. The van der Waals surface area contributed by atoms with Gasteiger partial charge in [0.2, 0.25) is 0 Å². The van der Waals surface area contributed by atoms with Gasteiger partial charge in [0, 0.05) is 6.20 Å². The van der Waals surface area contributed by atoms with Crippen molar-refractivity contribution in [1.82, 2.24) is 24.9 Å². The van der Waals surface area contributed by atoms with E-state index in [0.29, 0.717) is 18.1 Å². The van der Waals surface area contributed by atoms with Gasteiger partial charge in [-0.1, -0.05) is 0 Å². The molecule has 20 heavy (non-hydrogen) atoms. The number of nitrogens with one attached hydrogen (secondary N) is 2. The Hall–Kier alpha value is -2.54. The van der Waals surface area contributed by atoms with Gasteiger partial charge in [-0.3, -0.25) is 9.97 Å². The van der Waals surface area contributed by atoms with Gasteiger partial charge in [0.1, 0.15) is 17.3 Å². The first-order valence-corrected chi connectivity index (χ1v) is 6.22. The Labute approximate surface area is 115 Å². The fourth-order valence-corrected chi connectivity index (χ4v) is 1.92. The van der Waals surface area contributed by atoms with Gasteiger partial charge in [-0.25, -0.2) is 9.97 Å². The van der Waals surface area contributed by atoms with Crippen LogP contribution >= 0.6 is 0 Å². The van der Waals surface area contributed by atoms with Crippen molar-refractivity contribution in [3.63, 3.8) is 0 Å².